The van der Waals surface area contributed by atoms with Gasteiger partial charge in [0.2, 0.25) is 0 Å². The van der Waals surface area contributed by atoms with Crippen LogP contribution in [0, 0.1) is 0 Å². The number of carbonyl (C=O) groups is 4. The first-order valence-corrected chi connectivity index (χ1v) is 46.5. The predicted molar refractivity (Wildman–Crippen MR) is 488 cm³/mol. The number of H-pyrrole nitrogens is 4. The number of urea groups is 4. The first-order valence-electron chi connectivity index (χ1n) is 35.4. The minimum absolute atomic E-state index is 0.0000860. The van der Waals surface area contributed by atoms with Gasteiger partial charge in [-0.3, -0.25) is 19.2 Å². The predicted octanol–water partition coefficient (Wildman–Crippen LogP) is 9.90. The molecule has 0 unspecified atom stereocenters. The van der Waals surface area contributed by atoms with Gasteiger partial charge in [-0.2, -0.15) is 0 Å². The zero-order valence-corrected chi connectivity index (χ0v) is 74.7. The average molecular weight is 2010 g/mol. The lowest BCUT2D eigenvalue weighted by molar-refractivity contribution is 0.255. The molecule has 129 heavy (non-hydrogen) atoms. The second kappa shape index (κ2) is 38.7. The van der Waals surface area contributed by atoms with Crippen LogP contribution in [0.2, 0.25) is 22.4 Å². The van der Waals surface area contributed by atoms with E-state index in [4.69, 9.17) is 62.7 Å². The number of pyridine rings is 4. The fourth-order valence-electron chi connectivity index (χ4n) is 11.3. The number of aromatic amines is 4. The second-order valence-electron chi connectivity index (χ2n) is 25.5. The van der Waals surface area contributed by atoms with Crippen LogP contribution in [0.5, 0.6) is 5.75 Å². The number of hydrogen-bond donors (Lipinski definition) is 13. The lowest BCUT2D eigenvalue weighted by atomic mass is 10.2. The molecular formula is C74H52Cl5N21O21S8. The van der Waals surface area contributed by atoms with Gasteiger partial charge in [-0.15, -0.1) is 45.3 Å². The summed E-state index contributed by atoms with van der Waals surface area (Å²) >= 11 is 32.0. The van der Waals surface area contributed by atoms with Gasteiger partial charge in [-0.05, 0) is 158 Å². The van der Waals surface area contributed by atoms with Gasteiger partial charge in [0.15, 0.2) is 0 Å². The van der Waals surface area contributed by atoms with Crippen LogP contribution in [0.1, 0.15) is 0 Å². The summed E-state index contributed by atoms with van der Waals surface area (Å²) in [4.78, 5) is 176. The van der Waals surface area contributed by atoms with Crippen molar-refractivity contribution in [1.82, 2.24) is 77.0 Å². The number of nitrogens with one attached hydrogen (secondary N) is 13. The van der Waals surface area contributed by atoms with Crippen LogP contribution in [0.4, 0.5) is 47.6 Å². The molecule has 4 aromatic carbocycles. The quantitative estimate of drug-likeness (QED) is 0.0380. The third kappa shape index (κ3) is 21.8. The monoisotopic (exact) mass is 2000 g/mol. The lowest BCUT2D eigenvalue weighted by Crippen LogP contribution is -2.35. The number of para-hydroxylation sites is 1. The summed E-state index contributed by atoms with van der Waals surface area (Å²) in [7, 11) is -13.2. The maximum atomic E-state index is 12.8. The summed E-state index contributed by atoms with van der Waals surface area (Å²) in [5.74, 6) is 0.536. The Balaban J connectivity index is 0.000000147. The number of thiophene rings is 4. The molecule has 55 heteroatoms. The maximum Gasteiger partial charge on any atom is 0.334 e. The van der Waals surface area contributed by atoms with Crippen molar-refractivity contribution in [3.63, 3.8) is 0 Å². The summed E-state index contributed by atoms with van der Waals surface area (Å²) in [5.41, 5.74) is -2.48. The van der Waals surface area contributed by atoms with Crippen LogP contribution < -0.4 is 95.2 Å². The number of carbonyl (C=O) groups excluding carboxylic acids is 4. The van der Waals surface area contributed by atoms with Crippen LogP contribution in [0.25, 0.3) is 66.9 Å². The summed E-state index contributed by atoms with van der Waals surface area (Å²) in [5, 5.41) is 13.6. The van der Waals surface area contributed by atoms with Crippen LogP contribution >= 0.6 is 103 Å². The highest BCUT2D eigenvalue weighted by molar-refractivity contribution is 7.93. The smallest absolute Gasteiger partial charge is 0.334 e. The number of fused-ring (bicyclic) bond motifs is 4. The van der Waals surface area contributed by atoms with Crippen molar-refractivity contribution in [2.24, 2.45) is 0 Å². The number of hydrogen-bond acceptors (Lipinski definition) is 30. The third-order valence-corrected chi connectivity index (χ3v) is 29.5. The average Bonchev–Trinajstić information content (AvgIpc) is 1.77. The van der Waals surface area contributed by atoms with E-state index >= 15 is 0 Å². The summed E-state index contributed by atoms with van der Waals surface area (Å²) in [6.07, 6.45) is 4.71. The molecule has 0 saturated heterocycles. The molecule has 12 heterocycles. The molecule has 0 radical (unpaired) electrons. The highest BCUT2D eigenvalue weighted by Crippen LogP contribution is 2.30. The fourth-order valence-corrected chi connectivity index (χ4v) is 21.1. The molecule has 42 nitrogen and oxygen atoms in total. The SMILES string of the molecule is CNc1ccc2c(=O)n(-c3ccc(NC(=O)NS(=O)(=O)c4ccc(Cl)s4)cn3)c(=O)[nH]c2c1.COc1ccc2c(=O)n(-c3ccc(NC(=O)NS(=O)(=O)c4ccc(Cl)s4)cn3)c(=O)[nH]c2c1.O=C(Nc1ccc(-n2c(=O)[nH]c3cc(Cl)ccc3c2=O)nc1)NS(=O)(=O)c1ccc(Cl)s1.O=C(Nc1ccc(-n2c(=O)[nH]c3ccccc3c2=O)nc1)NS(=O)(=O)c1ccc(Cl)s1. The highest BCUT2D eigenvalue weighted by Gasteiger charge is 2.26. The van der Waals surface area contributed by atoms with Gasteiger partial charge < -0.3 is 51.3 Å². The zero-order chi connectivity index (χ0) is 92.7. The van der Waals surface area contributed by atoms with E-state index < -0.39 is 109 Å². The minimum Gasteiger partial charge on any atom is -0.497 e. The molecule has 0 aliphatic carbocycles. The molecule has 0 atom stereocenters. The molecule has 662 valence electrons. The Bertz CT molecular complexity index is 7950. The zero-order valence-electron chi connectivity index (χ0n) is 64.4. The molecule has 0 fully saturated rings. The number of anilines is 5. The Morgan fingerprint density at radius 1 is 0.333 bits per heavy atom. The van der Waals surface area contributed by atoms with E-state index in [1.807, 2.05) is 18.9 Å². The van der Waals surface area contributed by atoms with E-state index in [2.05, 4.69) is 66.5 Å². The topological polar surface area (TPSA) is 593 Å². The Morgan fingerprint density at radius 2 is 0.612 bits per heavy atom. The van der Waals surface area contributed by atoms with Gasteiger partial charge in [0.25, 0.3) is 62.3 Å². The Morgan fingerprint density at radius 3 is 0.907 bits per heavy atom. The molecule has 0 saturated carbocycles. The molecule has 0 spiro atoms. The van der Waals surface area contributed by atoms with Crippen molar-refractivity contribution < 1.29 is 57.6 Å². The molecule has 16 aromatic rings. The van der Waals surface area contributed by atoms with Crippen LogP contribution in [0.3, 0.4) is 0 Å². The Hall–Kier alpha value is -14.0. The van der Waals surface area contributed by atoms with E-state index in [-0.39, 0.29) is 102 Å². The maximum absolute atomic E-state index is 12.8. The van der Waals surface area contributed by atoms with Crippen molar-refractivity contribution in [3.05, 3.63) is 306 Å². The Labute approximate surface area is 761 Å². The van der Waals surface area contributed by atoms with Gasteiger partial charge in [-0.25, -0.2) is 129 Å². The van der Waals surface area contributed by atoms with E-state index in [1.54, 1.807) is 55.6 Å². The number of ether oxygens (including phenoxy) is 1. The van der Waals surface area contributed by atoms with Gasteiger partial charge in [0, 0.05) is 23.8 Å². The summed E-state index contributed by atoms with van der Waals surface area (Å²) < 4.78 is 114. The second-order valence-corrected chi connectivity index (χ2v) is 40.5. The number of methoxy groups -OCH3 is 1. The molecule has 12 aromatic heterocycles. The Kier molecular flexibility index (Phi) is 27.8. The van der Waals surface area contributed by atoms with Crippen LogP contribution in [-0.2, 0) is 40.1 Å². The van der Waals surface area contributed by atoms with Crippen molar-refractivity contribution in [1.29, 1.82) is 0 Å². The largest absolute Gasteiger partial charge is 0.497 e. The van der Waals surface area contributed by atoms with Crippen molar-refractivity contribution in [2.45, 2.75) is 16.8 Å². The molecule has 13 N–H and O–H groups in total. The lowest BCUT2D eigenvalue weighted by Gasteiger charge is -2.09. The van der Waals surface area contributed by atoms with Crippen molar-refractivity contribution in [2.75, 3.05) is 40.7 Å². The number of halogens is 5. The molecule has 0 aliphatic rings. The molecule has 16 rings (SSSR count). The fraction of sp³-hybridized carbons (Fsp3) is 0.0270. The number of amides is 8. The molecule has 0 bridgehead atoms. The number of sulfonamides is 4. The van der Waals surface area contributed by atoms with E-state index in [0.717, 1.165) is 69.3 Å². The van der Waals surface area contributed by atoms with Crippen molar-refractivity contribution in [3.8, 4) is 29.0 Å². The summed E-state index contributed by atoms with van der Waals surface area (Å²) in [6, 6.07) is 38.0. The van der Waals surface area contributed by atoms with E-state index in [1.165, 1.54) is 159 Å². The first kappa shape index (κ1) is 92.6. The standard InChI is InChI=1S/C19H15ClN6O5S2.C19H14ClN5O6S2.C18H11Cl2N5O5S2.C18H12ClN5O5S2/c1-21-10-2-4-12-13(8-10)24-19(29)26(17(12)27)15-6-3-11(9-22-15)23-18(28)25-33(30,31)16-7-5-14(20)32-16;1-31-11-3-4-12-13(8-11)23-19(28)25(17(12)26)15-6-2-10(9-21-15)22-18(27)24-33(29,30)16-7-5-14(20)32-16;19-9-1-3-11-12(7-9)23-18(28)25(16(11)26)14-5-2-10(8-21-14)22-17(27)24-32(29,30)15-6-4-13(20)31-15;19-13-6-8-15(30-13)31(28,29)23-17(26)21-10-5-7-14(20-9-10)24-16(25)11-3-1-2-4-12(11)22-18(24)27/h2-9,21H,1H3,(H,24,29)(H2,23,25,28);2-9H,1H3,(H,23,28)(H2,22,24,27);1-8H,(H,23,28)(H2,22,24,27);1-9H,(H,22,27)(H2,21,23,26). The van der Waals surface area contributed by atoms with Crippen LogP contribution in [0.15, 0.2) is 256 Å². The van der Waals surface area contributed by atoms with Gasteiger partial charge in [-0.1, -0.05) is 70.1 Å². The molecular weight excluding hydrogens is 1950 g/mol. The molecule has 8 amide bonds. The number of nitrogens with zero attached hydrogens (tertiary/aromatic N) is 8. The van der Waals surface area contributed by atoms with E-state index in [0.29, 0.717) is 32.7 Å². The number of rotatable bonds is 18. The van der Waals surface area contributed by atoms with Crippen LogP contribution in [-0.4, -0.2) is 130 Å². The van der Waals surface area contributed by atoms with Gasteiger partial charge in [0.05, 0.1) is 116 Å². The highest BCUT2D eigenvalue weighted by atomic mass is 35.5. The van der Waals surface area contributed by atoms with Gasteiger partial charge >= 0.3 is 46.9 Å². The minimum atomic E-state index is -4.10. The normalized spacial score (nSPS) is 11.4. The molecule has 0 aliphatic heterocycles. The number of aromatic nitrogens is 12. The van der Waals surface area contributed by atoms with Gasteiger partial charge in [0.1, 0.15) is 45.9 Å². The number of benzene rings is 4. The van der Waals surface area contributed by atoms with Crippen molar-refractivity contribution >= 4 is 240 Å². The van der Waals surface area contributed by atoms with E-state index in [9.17, 15) is 91.2 Å². The summed E-state index contributed by atoms with van der Waals surface area (Å²) in [6.45, 7) is 0. The first-order chi connectivity index (χ1) is 61.2. The third-order valence-electron chi connectivity index (χ3n) is 17.1.